The number of rotatable bonds is 7. The molecule has 486 valence electrons. The molecule has 0 saturated heterocycles. The lowest BCUT2D eigenvalue weighted by Crippen LogP contribution is -2.59. The molecule has 7 heteroatoms. The number of hydrogen-bond donors (Lipinski definition) is 0. The summed E-state index contributed by atoms with van der Waals surface area (Å²) in [4.78, 5) is 8.64. The van der Waals surface area contributed by atoms with E-state index < -0.39 is 0 Å². The van der Waals surface area contributed by atoms with Crippen LogP contribution < -0.4 is 26.0 Å². The SMILES string of the molecule is CC(C)(C)c1cc(-c2cc3c4c(c2)N(c2ccccc2-c2ccccc2)c2ccc(-c5cc(-n6c7ccc(C(C)(C)C)cc7c7cc(C(C)(C)C)ccc76)cc(-n6c7ccccc7c7ccc8sc9ccccc9c8c76)n5)cc2B4c2cc(-c4ccccc4)ccc2O3)cc(C(C)(C)C)c1. The first kappa shape index (κ1) is 61.6. The Morgan fingerprint density at radius 1 is 0.350 bits per heavy atom. The molecule has 0 bridgehead atoms. The van der Waals surface area contributed by atoms with Gasteiger partial charge in [0.2, 0.25) is 0 Å². The van der Waals surface area contributed by atoms with Gasteiger partial charge in [-0.25, -0.2) is 4.98 Å². The summed E-state index contributed by atoms with van der Waals surface area (Å²) < 4.78 is 15.0. The molecule has 0 radical (unpaired) electrons. The van der Waals surface area contributed by atoms with Gasteiger partial charge >= 0.3 is 0 Å². The molecule has 5 nitrogen and oxygen atoms in total. The van der Waals surface area contributed by atoms with Gasteiger partial charge in [-0.05, 0) is 173 Å². The minimum atomic E-state index is -0.251. The lowest BCUT2D eigenvalue weighted by Gasteiger charge is -2.41. The monoisotopic (exact) mass is 1310 g/mol. The van der Waals surface area contributed by atoms with E-state index in [1.54, 1.807) is 0 Å². The summed E-state index contributed by atoms with van der Waals surface area (Å²) >= 11 is 1.86. The number of nitrogens with zero attached hydrogens (tertiary/aromatic N) is 4. The van der Waals surface area contributed by atoms with Crippen LogP contribution in [0.25, 0.3) is 120 Å². The van der Waals surface area contributed by atoms with E-state index in [1.165, 1.54) is 75.0 Å². The molecule has 6 heterocycles. The summed E-state index contributed by atoms with van der Waals surface area (Å²) in [6.07, 6.45) is 0. The predicted octanol–water partition coefficient (Wildman–Crippen LogP) is 23.9. The van der Waals surface area contributed by atoms with Crippen LogP contribution in [0.3, 0.4) is 0 Å². The van der Waals surface area contributed by atoms with Gasteiger partial charge in [-0.3, -0.25) is 4.57 Å². The minimum Gasteiger partial charge on any atom is -0.458 e. The maximum absolute atomic E-state index is 7.52. The maximum Gasteiger partial charge on any atom is 0.256 e. The van der Waals surface area contributed by atoms with Gasteiger partial charge in [0.1, 0.15) is 17.3 Å². The van der Waals surface area contributed by atoms with Crippen LogP contribution in [0.2, 0.25) is 0 Å². The van der Waals surface area contributed by atoms with Crippen LogP contribution in [-0.4, -0.2) is 20.8 Å². The van der Waals surface area contributed by atoms with E-state index in [1.807, 2.05) is 11.3 Å². The lowest BCUT2D eigenvalue weighted by atomic mass is 9.34. The van der Waals surface area contributed by atoms with E-state index in [0.717, 1.165) is 112 Å². The van der Waals surface area contributed by atoms with Gasteiger partial charge in [-0.2, -0.15) is 0 Å². The molecule has 0 atom stereocenters. The maximum atomic E-state index is 7.52. The standard InChI is InChI=1S/C93H79BN4OS/c1-90(2,3)62-37-41-78-71(52-62)72-53-63(91(4,5)6)38-42-79(72)96(78)66-54-75(95-86(55-66)98-77-33-23-20-30-68(77)69-39-44-85-87(89(69)98)70-31-21-24-34-84(70)100-85)59-35-40-80-73(48-59)94-74-47-58(56-25-15-13-16-26-56)36-43-82(74)99-83-50-61(60-45-64(92(7,8)9)51-65(46-60)93(10,11)12)49-81(88(83)94)97(80)76-32-22-19-29-67(76)57-27-17-14-18-28-57/h13-55H,1-12H3. The van der Waals surface area contributed by atoms with Gasteiger partial charge in [-0.1, -0.05) is 259 Å². The number of ether oxygens (including phenoxy) is 1. The fraction of sp³-hybridized carbons (Fsp3) is 0.172. The number of fused-ring (bicyclic) bond motifs is 14. The topological polar surface area (TPSA) is 35.2 Å². The second-order valence-electron chi connectivity index (χ2n) is 32.0. The highest BCUT2D eigenvalue weighted by molar-refractivity contribution is 7.26. The average Bonchev–Trinajstić information content (AvgIpc) is 0.894. The molecule has 4 aromatic heterocycles. The van der Waals surface area contributed by atoms with Gasteiger partial charge in [0.15, 0.2) is 0 Å². The molecular formula is C93H79BN4OS. The number of pyridine rings is 1. The van der Waals surface area contributed by atoms with Crippen LogP contribution in [0, 0.1) is 0 Å². The molecule has 0 aliphatic carbocycles. The Bertz CT molecular complexity index is 5960. The van der Waals surface area contributed by atoms with E-state index in [0.29, 0.717) is 0 Å². The number of hydrogen-bond acceptors (Lipinski definition) is 4. The quantitative estimate of drug-likeness (QED) is 0.149. The van der Waals surface area contributed by atoms with Crippen LogP contribution in [0.15, 0.2) is 261 Å². The smallest absolute Gasteiger partial charge is 0.256 e. The van der Waals surface area contributed by atoms with E-state index in [9.17, 15) is 0 Å². The summed E-state index contributed by atoms with van der Waals surface area (Å²) in [5, 5.41) is 7.37. The minimum absolute atomic E-state index is 0.0630. The highest BCUT2D eigenvalue weighted by Crippen LogP contribution is 2.50. The Kier molecular flexibility index (Phi) is 13.8. The van der Waals surface area contributed by atoms with Crippen LogP contribution >= 0.6 is 11.3 Å². The summed E-state index contributed by atoms with van der Waals surface area (Å²) in [5.41, 5.74) is 25.9. The first-order valence-electron chi connectivity index (χ1n) is 35.3. The van der Waals surface area contributed by atoms with Crippen molar-refractivity contribution < 1.29 is 4.74 Å². The molecule has 0 unspecified atom stereocenters. The van der Waals surface area contributed by atoms with Crippen LogP contribution in [0.4, 0.5) is 17.1 Å². The summed E-state index contributed by atoms with van der Waals surface area (Å²) in [5.74, 6) is 2.55. The van der Waals surface area contributed by atoms with Gasteiger partial charge in [0, 0.05) is 64.7 Å². The normalized spacial score (nSPS) is 13.2. The third-order valence-electron chi connectivity index (χ3n) is 21.4. The molecule has 0 fully saturated rings. The zero-order chi connectivity index (χ0) is 68.5. The molecule has 12 aromatic carbocycles. The van der Waals surface area contributed by atoms with Crippen molar-refractivity contribution >= 4 is 115 Å². The van der Waals surface area contributed by atoms with Gasteiger partial charge < -0.3 is 14.2 Å². The highest BCUT2D eigenvalue weighted by Gasteiger charge is 2.44. The summed E-state index contributed by atoms with van der Waals surface area (Å²) in [7, 11) is 0. The molecule has 2 aliphatic heterocycles. The molecule has 0 spiro atoms. The molecule has 0 N–H and O–H groups in total. The third kappa shape index (κ3) is 9.97. The molecule has 0 amide bonds. The zero-order valence-electron chi connectivity index (χ0n) is 59.0. The highest BCUT2D eigenvalue weighted by atomic mass is 32.1. The van der Waals surface area contributed by atoms with E-state index in [4.69, 9.17) is 9.72 Å². The second kappa shape index (κ2) is 22.4. The van der Waals surface area contributed by atoms with Crippen LogP contribution in [-0.2, 0) is 21.7 Å². The van der Waals surface area contributed by atoms with E-state index in [-0.39, 0.29) is 28.4 Å². The van der Waals surface area contributed by atoms with Gasteiger partial charge in [0.25, 0.3) is 6.71 Å². The van der Waals surface area contributed by atoms with Crippen molar-refractivity contribution in [1.82, 2.24) is 14.1 Å². The first-order valence-corrected chi connectivity index (χ1v) is 36.2. The van der Waals surface area contributed by atoms with Crippen LogP contribution in [0.5, 0.6) is 11.5 Å². The van der Waals surface area contributed by atoms with Crippen molar-refractivity contribution in [2.45, 2.75) is 105 Å². The second-order valence-corrected chi connectivity index (χ2v) is 33.1. The third-order valence-corrected chi connectivity index (χ3v) is 22.5. The number of aromatic nitrogens is 3. The Morgan fingerprint density at radius 2 is 0.940 bits per heavy atom. The lowest BCUT2D eigenvalue weighted by molar-refractivity contribution is 0.488. The Balaban J connectivity index is 0.949. The van der Waals surface area contributed by atoms with Crippen molar-refractivity contribution in [3.63, 3.8) is 0 Å². The molecular weight excluding hydrogens is 1230 g/mol. The van der Waals surface area contributed by atoms with Crippen LogP contribution in [0.1, 0.15) is 105 Å². The Hall–Kier alpha value is -10.7. The molecule has 100 heavy (non-hydrogen) atoms. The van der Waals surface area contributed by atoms with Gasteiger partial charge in [0.05, 0.1) is 39.1 Å². The Labute approximate surface area is 590 Å². The summed E-state index contributed by atoms with van der Waals surface area (Å²) in [6.45, 7) is 27.6. The number of anilines is 3. The fourth-order valence-corrected chi connectivity index (χ4v) is 17.1. The predicted molar refractivity (Wildman–Crippen MR) is 428 cm³/mol. The van der Waals surface area contributed by atoms with Crippen molar-refractivity contribution in [2.24, 2.45) is 0 Å². The van der Waals surface area contributed by atoms with E-state index in [2.05, 4.69) is 358 Å². The molecule has 18 rings (SSSR count). The number of thiophene rings is 1. The van der Waals surface area contributed by atoms with Crippen molar-refractivity contribution in [3.05, 3.63) is 283 Å². The number of para-hydroxylation sites is 2. The first-order chi connectivity index (χ1) is 48.1. The van der Waals surface area contributed by atoms with Gasteiger partial charge in [-0.15, -0.1) is 11.3 Å². The molecule has 0 saturated carbocycles. The fourth-order valence-electron chi connectivity index (χ4n) is 16.0. The molecule has 2 aliphatic rings. The van der Waals surface area contributed by atoms with E-state index >= 15 is 0 Å². The Morgan fingerprint density at radius 3 is 1.63 bits per heavy atom. The largest absolute Gasteiger partial charge is 0.458 e. The molecule has 16 aromatic rings. The van der Waals surface area contributed by atoms with Crippen molar-refractivity contribution in [2.75, 3.05) is 4.90 Å². The number of benzene rings is 12. The van der Waals surface area contributed by atoms with Crippen molar-refractivity contribution in [3.8, 4) is 67.6 Å². The summed E-state index contributed by atoms with van der Waals surface area (Å²) in [6, 6.07) is 98.3. The van der Waals surface area contributed by atoms with Crippen molar-refractivity contribution in [1.29, 1.82) is 0 Å². The zero-order valence-corrected chi connectivity index (χ0v) is 59.8. The average molecular weight is 1310 g/mol.